The highest BCUT2D eigenvalue weighted by molar-refractivity contribution is 9.10. The van der Waals surface area contributed by atoms with Crippen molar-refractivity contribution in [2.75, 3.05) is 13.2 Å². The van der Waals surface area contributed by atoms with Crippen LogP contribution in [0.15, 0.2) is 51.8 Å². The Balaban J connectivity index is 1.47. The molecule has 6 nitrogen and oxygen atoms in total. The van der Waals surface area contributed by atoms with E-state index in [1.54, 1.807) is 0 Å². The van der Waals surface area contributed by atoms with Crippen LogP contribution in [-0.4, -0.2) is 27.5 Å². The van der Waals surface area contributed by atoms with Gasteiger partial charge in [0.05, 0.1) is 4.90 Å². The minimum atomic E-state index is -3.96. The lowest BCUT2D eigenvalue weighted by Crippen LogP contribution is -2.32. The van der Waals surface area contributed by atoms with E-state index in [0.717, 1.165) is 10.0 Å². The van der Waals surface area contributed by atoms with Gasteiger partial charge in [-0.2, -0.15) is 0 Å². The Morgan fingerprint density at radius 3 is 2.62 bits per heavy atom. The first-order valence-electron chi connectivity index (χ1n) is 8.16. The lowest BCUT2D eigenvalue weighted by Gasteiger charge is -2.18. The molecule has 2 aromatic carbocycles. The maximum absolute atomic E-state index is 12.5. The number of rotatable bonds is 4. The number of fused-ring (bicyclic) bond motifs is 1. The molecule has 0 spiro atoms. The Kier molecular flexibility index (Phi) is 4.40. The molecule has 1 fully saturated rings. The highest BCUT2D eigenvalue weighted by atomic mass is 79.9. The molecule has 26 heavy (non-hydrogen) atoms. The fourth-order valence-corrected chi connectivity index (χ4v) is 4.51. The van der Waals surface area contributed by atoms with Gasteiger partial charge in [-0.25, -0.2) is 13.1 Å². The fraction of sp³-hybridized carbons (Fsp3) is 0.278. The van der Waals surface area contributed by atoms with Crippen LogP contribution < -0.4 is 14.2 Å². The Hall–Kier alpha value is -2.06. The monoisotopic (exact) mass is 437 g/mol. The average molecular weight is 438 g/mol. The van der Waals surface area contributed by atoms with Gasteiger partial charge in [0.25, 0.3) is 10.0 Å². The number of sulfonamides is 1. The molecular weight excluding hydrogens is 422 g/mol. The third kappa shape index (κ3) is 3.43. The van der Waals surface area contributed by atoms with Crippen molar-refractivity contribution < 1.29 is 22.7 Å². The van der Waals surface area contributed by atoms with Crippen molar-refractivity contribution in [3.8, 4) is 11.5 Å². The van der Waals surface area contributed by atoms with E-state index < -0.39 is 15.9 Å². The molecule has 2 aliphatic rings. The molecule has 4 rings (SSSR count). The van der Waals surface area contributed by atoms with Gasteiger partial charge in [-0.05, 0) is 42.2 Å². The summed E-state index contributed by atoms with van der Waals surface area (Å²) in [5.74, 6) is 0.0903. The molecule has 1 heterocycles. The van der Waals surface area contributed by atoms with Gasteiger partial charge in [0.1, 0.15) is 13.2 Å². The molecule has 1 N–H and O–H groups in total. The van der Waals surface area contributed by atoms with Crippen LogP contribution in [0.3, 0.4) is 0 Å². The van der Waals surface area contributed by atoms with Crippen LogP contribution >= 0.6 is 15.9 Å². The Morgan fingerprint density at radius 1 is 1.08 bits per heavy atom. The summed E-state index contributed by atoms with van der Waals surface area (Å²) in [6.45, 7) is 0.785. The second-order valence-electron chi connectivity index (χ2n) is 6.28. The minimum Gasteiger partial charge on any atom is -0.486 e. The zero-order valence-electron chi connectivity index (χ0n) is 13.6. The van der Waals surface area contributed by atoms with E-state index in [4.69, 9.17) is 9.47 Å². The topological polar surface area (TPSA) is 81.7 Å². The van der Waals surface area contributed by atoms with Crippen molar-refractivity contribution >= 4 is 31.9 Å². The van der Waals surface area contributed by atoms with Crippen LogP contribution in [-0.2, 0) is 14.8 Å². The van der Waals surface area contributed by atoms with Crippen LogP contribution in [0.5, 0.6) is 11.5 Å². The molecule has 1 amide bonds. The molecule has 1 aliphatic heterocycles. The van der Waals surface area contributed by atoms with Gasteiger partial charge in [0, 0.05) is 16.5 Å². The summed E-state index contributed by atoms with van der Waals surface area (Å²) in [4.78, 5) is 12.4. The SMILES string of the molecule is O=C(NS(=O)(=O)c1ccc2c(c1)OCCO2)[C@@H]1C[C@H]1c1cccc(Br)c1. The van der Waals surface area contributed by atoms with Crippen molar-refractivity contribution in [1.82, 2.24) is 4.72 Å². The second kappa shape index (κ2) is 6.59. The number of carbonyl (C=O) groups is 1. The number of halogens is 1. The van der Waals surface area contributed by atoms with Gasteiger partial charge < -0.3 is 9.47 Å². The van der Waals surface area contributed by atoms with Crippen molar-refractivity contribution in [1.29, 1.82) is 0 Å². The van der Waals surface area contributed by atoms with E-state index in [1.165, 1.54) is 18.2 Å². The van der Waals surface area contributed by atoms with Gasteiger partial charge in [-0.15, -0.1) is 0 Å². The highest BCUT2D eigenvalue weighted by Gasteiger charge is 2.45. The molecule has 1 saturated carbocycles. The summed E-state index contributed by atoms with van der Waals surface area (Å²) < 4.78 is 38.9. The third-order valence-electron chi connectivity index (χ3n) is 4.46. The molecular formula is C18H16BrNO5S. The summed E-state index contributed by atoms with van der Waals surface area (Å²) in [5, 5.41) is 0. The van der Waals surface area contributed by atoms with Crippen molar-refractivity contribution in [3.63, 3.8) is 0 Å². The Labute approximate surface area is 159 Å². The highest BCUT2D eigenvalue weighted by Crippen LogP contribution is 2.48. The summed E-state index contributed by atoms with van der Waals surface area (Å²) in [5.41, 5.74) is 1.02. The van der Waals surface area contributed by atoms with Crippen LogP contribution in [0.2, 0.25) is 0 Å². The summed E-state index contributed by atoms with van der Waals surface area (Å²) in [7, 11) is -3.96. The number of nitrogens with one attached hydrogen (secondary N) is 1. The van der Waals surface area contributed by atoms with Crippen LogP contribution in [0.25, 0.3) is 0 Å². The zero-order valence-corrected chi connectivity index (χ0v) is 16.0. The first-order chi connectivity index (χ1) is 12.4. The summed E-state index contributed by atoms with van der Waals surface area (Å²) in [6.07, 6.45) is 0.638. The maximum Gasteiger partial charge on any atom is 0.264 e. The standard InChI is InChI=1S/C18H16BrNO5S/c19-12-3-1-2-11(8-12)14-10-15(14)18(21)20-26(22,23)13-4-5-16-17(9-13)25-7-6-24-16/h1-5,8-9,14-15H,6-7,10H2,(H,20,21)/t14-,15+/m0/s1. The van der Waals surface area contributed by atoms with E-state index in [-0.39, 0.29) is 16.7 Å². The van der Waals surface area contributed by atoms with Crippen molar-refractivity contribution in [2.24, 2.45) is 5.92 Å². The molecule has 0 unspecified atom stereocenters. The molecule has 1 aliphatic carbocycles. The first-order valence-corrected chi connectivity index (χ1v) is 10.4. The van der Waals surface area contributed by atoms with E-state index >= 15 is 0 Å². The van der Waals surface area contributed by atoms with Gasteiger partial charge in [0.2, 0.25) is 5.91 Å². The average Bonchev–Trinajstić information content (AvgIpc) is 3.42. The van der Waals surface area contributed by atoms with Gasteiger partial charge in [-0.1, -0.05) is 28.1 Å². The molecule has 0 radical (unpaired) electrons. The number of benzene rings is 2. The molecule has 0 aromatic heterocycles. The molecule has 8 heteroatoms. The van der Waals surface area contributed by atoms with Crippen LogP contribution in [0, 0.1) is 5.92 Å². The predicted molar refractivity (Wildman–Crippen MR) is 97.8 cm³/mol. The maximum atomic E-state index is 12.5. The number of carbonyl (C=O) groups excluding carboxylic acids is 1. The van der Waals surface area contributed by atoms with Crippen LogP contribution in [0.4, 0.5) is 0 Å². The lowest BCUT2D eigenvalue weighted by molar-refractivity contribution is -0.120. The van der Waals surface area contributed by atoms with Crippen molar-refractivity contribution in [3.05, 3.63) is 52.5 Å². The predicted octanol–water partition coefficient (Wildman–Crippen LogP) is 2.83. The number of amides is 1. The molecule has 136 valence electrons. The smallest absolute Gasteiger partial charge is 0.264 e. The third-order valence-corrected chi connectivity index (χ3v) is 6.30. The normalized spacial score (nSPS) is 21.1. The van der Waals surface area contributed by atoms with Crippen LogP contribution in [0.1, 0.15) is 17.9 Å². The Morgan fingerprint density at radius 2 is 1.85 bits per heavy atom. The van der Waals surface area contributed by atoms with E-state index in [1.807, 2.05) is 24.3 Å². The number of hydrogen-bond donors (Lipinski definition) is 1. The molecule has 0 bridgehead atoms. The second-order valence-corrected chi connectivity index (χ2v) is 8.88. The summed E-state index contributed by atoms with van der Waals surface area (Å²) in [6, 6.07) is 12.0. The number of ether oxygens (including phenoxy) is 2. The van der Waals surface area contributed by atoms with Gasteiger partial charge in [-0.3, -0.25) is 4.79 Å². The van der Waals surface area contributed by atoms with E-state index in [2.05, 4.69) is 20.7 Å². The molecule has 0 saturated heterocycles. The van der Waals surface area contributed by atoms with Gasteiger partial charge in [0.15, 0.2) is 11.5 Å². The fourth-order valence-electron chi connectivity index (χ4n) is 3.05. The zero-order chi connectivity index (χ0) is 18.3. The first kappa shape index (κ1) is 17.4. The minimum absolute atomic E-state index is 0.0187. The van der Waals surface area contributed by atoms with Gasteiger partial charge >= 0.3 is 0 Å². The quantitative estimate of drug-likeness (QED) is 0.794. The molecule has 2 atom stereocenters. The van der Waals surface area contributed by atoms with E-state index in [9.17, 15) is 13.2 Å². The lowest BCUT2D eigenvalue weighted by atomic mass is 10.1. The summed E-state index contributed by atoms with van der Waals surface area (Å²) >= 11 is 3.41. The Bertz CT molecular complexity index is 975. The number of hydrogen-bond acceptors (Lipinski definition) is 5. The molecule has 2 aromatic rings. The van der Waals surface area contributed by atoms with Crippen molar-refractivity contribution in [2.45, 2.75) is 17.2 Å². The largest absolute Gasteiger partial charge is 0.486 e. The van der Waals surface area contributed by atoms with E-state index in [0.29, 0.717) is 31.1 Å².